The van der Waals surface area contributed by atoms with Crippen LogP contribution < -0.4 is 5.56 Å². The number of hydrogen-bond donors (Lipinski definition) is 1. The summed E-state index contributed by atoms with van der Waals surface area (Å²) < 4.78 is 4.84. The zero-order chi connectivity index (χ0) is 12.7. The summed E-state index contributed by atoms with van der Waals surface area (Å²) in [5.74, 6) is 0. The second-order valence-electron chi connectivity index (χ2n) is 4.23. The minimum absolute atomic E-state index is 0.242. The van der Waals surface area contributed by atoms with Crippen LogP contribution in [-0.4, -0.2) is 19.8 Å². The van der Waals surface area contributed by atoms with Gasteiger partial charge >= 0.3 is 0 Å². The van der Waals surface area contributed by atoms with Crippen molar-refractivity contribution in [2.24, 2.45) is 0 Å². The molecule has 0 saturated carbocycles. The Morgan fingerprint density at radius 1 is 1.17 bits per heavy atom. The number of nitrogens with zero attached hydrogens (tertiary/aromatic N) is 3. The molecule has 0 aliphatic rings. The summed E-state index contributed by atoms with van der Waals surface area (Å²) in [4.78, 5) is 11.6. The van der Waals surface area contributed by atoms with Gasteiger partial charge in [0.15, 0.2) is 0 Å². The zero-order valence-electron chi connectivity index (χ0n) is 9.89. The smallest absolute Gasteiger partial charge is 0.266 e. The van der Waals surface area contributed by atoms with E-state index >= 15 is 0 Å². The Bertz CT molecular complexity index is 770. The molecule has 0 fully saturated rings. The van der Waals surface area contributed by atoms with Crippen LogP contribution in [0.2, 0.25) is 0 Å². The lowest BCUT2D eigenvalue weighted by atomic mass is 10.0. The van der Waals surface area contributed by atoms with Gasteiger partial charge < -0.3 is 0 Å². The monoisotopic (exact) mass is 258 g/mol. The highest BCUT2D eigenvalue weighted by Gasteiger charge is 2.13. The van der Waals surface area contributed by atoms with Gasteiger partial charge in [0.2, 0.25) is 0 Å². The number of hydrogen-bond acceptors (Lipinski definition) is 5. The Labute approximate surface area is 107 Å². The summed E-state index contributed by atoms with van der Waals surface area (Å²) >= 11 is 1.15. The molecule has 1 aromatic carbocycles. The van der Waals surface area contributed by atoms with Crippen LogP contribution in [-0.2, 0) is 0 Å². The molecule has 2 heterocycles. The number of H-pyrrole nitrogens is 1. The molecule has 3 rings (SSSR count). The topological polar surface area (TPSA) is 71.5 Å². The van der Waals surface area contributed by atoms with E-state index in [1.54, 1.807) is 0 Å². The predicted molar refractivity (Wildman–Crippen MR) is 70.7 cm³/mol. The number of rotatable bonds is 1. The lowest BCUT2D eigenvalue weighted by molar-refractivity contribution is 0.875. The standard InChI is InChI=1S/C12H10N4OS/c1-6-3-7(2)5-8(4-6)9-10-11(18-15-9)12(17)14-16-13-10/h3-5H,1-2H3,(H,13,14,17). The van der Waals surface area contributed by atoms with Crippen LogP contribution in [0.5, 0.6) is 0 Å². The van der Waals surface area contributed by atoms with Crippen molar-refractivity contribution in [3.8, 4) is 11.3 Å². The van der Waals surface area contributed by atoms with Crippen molar-refractivity contribution in [1.29, 1.82) is 0 Å². The van der Waals surface area contributed by atoms with Crippen molar-refractivity contribution < 1.29 is 0 Å². The third-order valence-electron chi connectivity index (χ3n) is 2.67. The molecule has 0 spiro atoms. The summed E-state index contributed by atoms with van der Waals surface area (Å²) in [6, 6.07) is 6.16. The fraction of sp³-hybridized carbons (Fsp3) is 0.167. The third kappa shape index (κ3) is 1.70. The maximum atomic E-state index is 11.6. The van der Waals surface area contributed by atoms with Crippen LogP contribution in [0.25, 0.3) is 21.5 Å². The van der Waals surface area contributed by atoms with Gasteiger partial charge in [-0.1, -0.05) is 22.4 Å². The second-order valence-corrected chi connectivity index (χ2v) is 5.00. The molecule has 0 radical (unpaired) electrons. The van der Waals surface area contributed by atoms with Gasteiger partial charge in [-0.25, -0.2) is 5.10 Å². The van der Waals surface area contributed by atoms with Gasteiger partial charge in [0.25, 0.3) is 5.56 Å². The molecule has 0 bridgehead atoms. The van der Waals surface area contributed by atoms with E-state index in [0.29, 0.717) is 10.2 Å². The highest BCUT2D eigenvalue weighted by atomic mass is 32.1. The molecule has 2 aromatic heterocycles. The van der Waals surface area contributed by atoms with Crippen LogP contribution in [0.1, 0.15) is 11.1 Å². The van der Waals surface area contributed by atoms with Crippen LogP contribution >= 0.6 is 11.5 Å². The van der Waals surface area contributed by atoms with Gasteiger partial charge in [-0.2, -0.15) is 4.37 Å². The lowest BCUT2D eigenvalue weighted by Gasteiger charge is -2.01. The minimum Gasteiger partial charge on any atom is -0.266 e. The van der Waals surface area contributed by atoms with Crippen LogP contribution in [0.15, 0.2) is 23.0 Å². The molecule has 18 heavy (non-hydrogen) atoms. The van der Waals surface area contributed by atoms with E-state index in [1.165, 1.54) is 0 Å². The summed E-state index contributed by atoms with van der Waals surface area (Å²) in [6.45, 7) is 4.06. The number of nitrogens with one attached hydrogen (secondary N) is 1. The van der Waals surface area contributed by atoms with E-state index in [2.05, 4.69) is 25.9 Å². The first-order valence-electron chi connectivity index (χ1n) is 5.44. The number of benzene rings is 1. The van der Waals surface area contributed by atoms with E-state index in [-0.39, 0.29) is 5.56 Å². The molecule has 6 heteroatoms. The van der Waals surface area contributed by atoms with Crippen molar-refractivity contribution >= 4 is 21.7 Å². The Kier molecular flexibility index (Phi) is 2.45. The second kappa shape index (κ2) is 3.99. The maximum absolute atomic E-state index is 11.6. The zero-order valence-corrected chi connectivity index (χ0v) is 10.7. The third-order valence-corrected chi connectivity index (χ3v) is 3.51. The molecule has 0 saturated heterocycles. The van der Waals surface area contributed by atoms with Crippen LogP contribution in [0, 0.1) is 13.8 Å². The van der Waals surface area contributed by atoms with Crippen molar-refractivity contribution in [3.63, 3.8) is 0 Å². The van der Waals surface area contributed by atoms with Crippen LogP contribution in [0.3, 0.4) is 0 Å². The number of aromatic nitrogens is 4. The van der Waals surface area contributed by atoms with E-state index in [4.69, 9.17) is 0 Å². The number of aryl methyl sites for hydroxylation is 2. The van der Waals surface area contributed by atoms with E-state index < -0.39 is 0 Å². The molecular weight excluding hydrogens is 248 g/mol. The molecule has 90 valence electrons. The van der Waals surface area contributed by atoms with Gasteiger partial charge in [0.1, 0.15) is 15.9 Å². The predicted octanol–water partition coefficient (Wildman–Crippen LogP) is 2.06. The molecule has 1 N–H and O–H groups in total. The SMILES string of the molecule is Cc1cc(C)cc(-c2nsc3c(=O)[nH]nnc23)c1. The lowest BCUT2D eigenvalue weighted by Crippen LogP contribution is -2.07. The number of aromatic amines is 1. The highest BCUT2D eigenvalue weighted by molar-refractivity contribution is 7.13. The molecule has 0 atom stereocenters. The molecule has 0 unspecified atom stereocenters. The largest absolute Gasteiger partial charge is 0.286 e. The van der Waals surface area contributed by atoms with Gasteiger partial charge in [-0.15, -0.1) is 5.10 Å². The van der Waals surface area contributed by atoms with Gasteiger partial charge in [-0.3, -0.25) is 4.79 Å². The fourth-order valence-corrected chi connectivity index (χ4v) is 2.73. The Balaban J connectivity index is 2.32. The van der Waals surface area contributed by atoms with Gasteiger partial charge in [-0.05, 0) is 37.5 Å². The highest BCUT2D eigenvalue weighted by Crippen LogP contribution is 2.28. The average Bonchev–Trinajstić information content (AvgIpc) is 2.73. The normalized spacial score (nSPS) is 11.0. The Hall–Kier alpha value is -2.08. The van der Waals surface area contributed by atoms with E-state index in [9.17, 15) is 4.79 Å². The summed E-state index contributed by atoms with van der Waals surface area (Å²) in [5.41, 5.74) is 4.33. The quantitative estimate of drug-likeness (QED) is 0.725. The molecular formula is C12H10N4OS. The van der Waals surface area contributed by atoms with Crippen molar-refractivity contribution in [3.05, 3.63) is 39.7 Å². The van der Waals surface area contributed by atoms with Crippen molar-refractivity contribution in [2.45, 2.75) is 13.8 Å². The molecule has 0 amide bonds. The van der Waals surface area contributed by atoms with Crippen molar-refractivity contribution in [2.75, 3.05) is 0 Å². The van der Waals surface area contributed by atoms with Gasteiger partial charge in [0.05, 0.1) is 0 Å². The van der Waals surface area contributed by atoms with E-state index in [0.717, 1.165) is 33.9 Å². The first kappa shape index (κ1) is 11.0. The molecule has 0 aliphatic heterocycles. The maximum Gasteiger partial charge on any atom is 0.286 e. The Morgan fingerprint density at radius 2 is 1.89 bits per heavy atom. The fourth-order valence-electron chi connectivity index (χ4n) is 2.00. The average molecular weight is 258 g/mol. The Morgan fingerprint density at radius 3 is 2.61 bits per heavy atom. The molecule has 0 aliphatic carbocycles. The number of fused-ring (bicyclic) bond motifs is 1. The minimum atomic E-state index is -0.242. The van der Waals surface area contributed by atoms with Gasteiger partial charge in [0, 0.05) is 5.56 Å². The molecule has 3 aromatic rings. The van der Waals surface area contributed by atoms with E-state index in [1.807, 2.05) is 26.0 Å². The summed E-state index contributed by atoms with van der Waals surface area (Å²) in [5, 5.41) is 9.89. The first-order chi connectivity index (χ1) is 8.65. The van der Waals surface area contributed by atoms with Crippen molar-refractivity contribution in [1.82, 2.24) is 19.8 Å². The first-order valence-corrected chi connectivity index (χ1v) is 6.22. The summed E-state index contributed by atoms with van der Waals surface area (Å²) in [7, 11) is 0. The molecule has 5 nitrogen and oxygen atoms in total. The summed E-state index contributed by atoms with van der Waals surface area (Å²) in [6.07, 6.45) is 0. The van der Waals surface area contributed by atoms with Crippen LogP contribution in [0.4, 0.5) is 0 Å².